The smallest absolute Gasteiger partial charge is 0.234 e. The molecule has 4 heterocycles. The Bertz CT molecular complexity index is 1510. The molecule has 1 atom stereocenters. The average Bonchev–Trinajstić information content (AvgIpc) is 3.31. The first-order valence-corrected chi connectivity index (χ1v) is 14.2. The Balaban J connectivity index is 1.56. The fraction of sp³-hybridized carbons (Fsp3) is 0.414. The highest BCUT2D eigenvalue weighted by Gasteiger charge is 2.32. The summed E-state index contributed by atoms with van der Waals surface area (Å²) in [4.78, 5) is 20.7. The van der Waals surface area contributed by atoms with Gasteiger partial charge in [-0.1, -0.05) is 73.3 Å². The zero-order chi connectivity index (χ0) is 26.9. The van der Waals surface area contributed by atoms with Gasteiger partial charge in [0.2, 0.25) is 11.8 Å². The molecule has 0 amide bonds. The number of hydrogen-bond donors (Lipinski definition) is 0. The Morgan fingerprint density at radius 3 is 2.46 bits per heavy atom. The zero-order valence-corrected chi connectivity index (χ0v) is 23.2. The average molecular weight is 563 g/mol. The lowest BCUT2D eigenvalue weighted by Gasteiger charge is -2.37. The first-order chi connectivity index (χ1) is 19.0. The molecule has 10 heteroatoms. The van der Waals surface area contributed by atoms with Crippen molar-refractivity contribution < 1.29 is 4.74 Å². The number of nitriles is 1. The van der Waals surface area contributed by atoms with Crippen molar-refractivity contribution in [3.63, 3.8) is 0 Å². The molecular formula is C29H29Cl2N7O. The molecule has 0 radical (unpaired) electrons. The molecule has 200 valence electrons. The monoisotopic (exact) mass is 561 g/mol. The van der Waals surface area contributed by atoms with E-state index in [1.54, 1.807) is 12.1 Å². The first kappa shape index (κ1) is 26.0. The number of hydrogen-bond acceptors (Lipinski definition) is 7. The maximum absolute atomic E-state index is 9.78. The molecule has 1 aliphatic heterocycles. The standard InChI is InChI=1S/C29H29Cl2N7O/c1-18-7-9-19(10-8-18)16-38-27-26(21-13-23(30)33-24(31)14-21)34-25(15-32)35-28(27)36-29(38)37-11-12-39-17-22(37)20-5-3-2-4-6-20/h2-6,13-14,18-19,22H,7-12,16-17H2,1H3/t18?,19?,22-/m0/s1. The van der Waals surface area contributed by atoms with Gasteiger partial charge in [0.1, 0.15) is 27.6 Å². The summed E-state index contributed by atoms with van der Waals surface area (Å²) in [7, 11) is 0. The van der Waals surface area contributed by atoms with Crippen molar-refractivity contribution in [1.82, 2.24) is 24.5 Å². The van der Waals surface area contributed by atoms with E-state index >= 15 is 0 Å². The molecule has 0 bridgehead atoms. The van der Waals surface area contributed by atoms with Crippen LogP contribution >= 0.6 is 23.2 Å². The molecule has 1 saturated heterocycles. The number of fused-ring (bicyclic) bond motifs is 1. The van der Waals surface area contributed by atoms with E-state index < -0.39 is 0 Å². The molecule has 8 nitrogen and oxygen atoms in total. The lowest BCUT2D eigenvalue weighted by molar-refractivity contribution is 0.0927. The molecule has 3 aromatic heterocycles. The van der Waals surface area contributed by atoms with Gasteiger partial charge in [0.15, 0.2) is 5.65 Å². The van der Waals surface area contributed by atoms with Crippen molar-refractivity contribution in [1.29, 1.82) is 5.26 Å². The Morgan fingerprint density at radius 2 is 1.74 bits per heavy atom. The molecule has 2 aliphatic rings. The van der Waals surface area contributed by atoms with Crippen molar-refractivity contribution in [2.24, 2.45) is 11.8 Å². The summed E-state index contributed by atoms with van der Waals surface area (Å²) in [5.74, 6) is 2.12. The Morgan fingerprint density at radius 1 is 1.00 bits per heavy atom. The fourth-order valence-electron chi connectivity index (χ4n) is 5.83. The van der Waals surface area contributed by atoms with Crippen LogP contribution in [0.1, 0.15) is 50.0 Å². The molecule has 1 saturated carbocycles. The number of rotatable bonds is 5. The predicted octanol–water partition coefficient (Wildman–Crippen LogP) is 6.47. The van der Waals surface area contributed by atoms with Crippen LogP contribution in [-0.2, 0) is 11.3 Å². The highest BCUT2D eigenvalue weighted by atomic mass is 35.5. The quantitative estimate of drug-likeness (QED) is 0.258. The second-order valence-electron chi connectivity index (χ2n) is 10.5. The van der Waals surface area contributed by atoms with Crippen LogP contribution in [-0.4, -0.2) is 44.3 Å². The van der Waals surface area contributed by atoms with Gasteiger partial charge in [-0.05, 0) is 42.4 Å². The van der Waals surface area contributed by atoms with Gasteiger partial charge in [0.25, 0.3) is 0 Å². The summed E-state index contributed by atoms with van der Waals surface area (Å²) in [5, 5.41) is 10.3. The first-order valence-electron chi connectivity index (χ1n) is 13.4. The second kappa shape index (κ2) is 11.1. The molecule has 0 spiro atoms. The number of benzene rings is 1. The summed E-state index contributed by atoms with van der Waals surface area (Å²) >= 11 is 12.6. The van der Waals surface area contributed by atoms with E-state index in [2.05, 4.69) is 49.5 Å². The van der Waals surface area contributed by atoms with Crippen LogP contribution in [0.4, 0.5) is 5.95 Å². The van der Waals surface area contributed by atoms with Gasteiger partial charge in [0.05, 0.1) is 19.3 Å². The molecule has 39 heavy (non-hydrogen) atoms. The largest absolute Gasteiger partial charge is 0.377 e. The summed E-state index contributed by atoms with van der Waals surface area (Å²) in [6.07, 6.45) is 4.75. The van der Waals surface area contributed by atoms with Crippen LogP contribution < -0.4 is 4.90 Å². The molecule has 0 unspecified atom stereocenters. The maximum atomic E-state index is 9.78. The molecular weight excluding hydrogens is 533 g/mol. The third-order valence-electron chi connectivity index (χ3n) is 7.87. The lowest BCUT2D eigenvalue weighted by Crippen LogP contribution is -2.41. The lowest BCUT2D eigenvalue weighted by atomic mass is 9.83. The van der Waals surface area contributed by atoms with Crippen molar-refractivity contribution in [3.8, 4) is 17.3 Å². The van der Waals surface area contributed by atoms with Gasteiger partial charge in [-0.25, -0.2) is 9.97 Å². The topological polar surface area (TPSA) is 92.8 Å². The minimum absolute atomic E-state index is 0.00134. The number of pyridine rings is 1. The van der Waals surface area contributed by atoms with Crippen LogP contribution in [0.2, 0.25) is 10.3 Å². The highest BCUT2D eigenvalue weighted by Crippen LogP contribution is 2.38. The Kier molecular flexibility index (Phi) is 7.39. The van der Waals surface area contributed by atoms with E-state index in [1.165, 1.54) is 18.4 Å². The van der Waals surface area contributed by atoms with E-state index in [1.807, 2.05) is 18.2 Å². The van der Waals surface area contributed by atoms with Crippen LogP contribution in [0.15, 0.2) is 42.5 Å². The SMILES string of the molecule is CC1CCC(Cn2c(N3CCOC[C@H]3c3ccccc3)nc3nc(C#N)nc(-c4cc(Cl)nc(Cl)c4)c32)CC1. The molecule has 1 aromatic carbocycles. The van der Waals surface area contributed by atoms with Gasteiger partial charge < -0.3 is 14.2 Å². The number of halogens is 2. The second-order valence-corrected chi connectivity index (χ2v) is 11.3. The van der Waals surface area contributed by atoms with E-state index in [4.69, 9.17) is 32.9 Å². The molecule has 0 N–H and O–H groups in total. The minimum Gasteiger partial charge on any atom is -0.377 e. The third-order valence-corrected chi connectivity index (χ3v) is 8.25. The van der Waals surface area contributed by atoms with E-state index in [9.17, 15) is 5.26 Å². The number of anilines is 1. The fourth-order valence-corrected chi connectivity index (χ4v) is 6.29. The summed E-state index contributed by atoms with van der Waals surface area (Å²) in [6.45, 7) is 4.97. The maximum Gasteiger partial charge on any atom is 0.234 e. The van der Waals surface area contributed by atoms with E-state index in [0.717, 1.165) is 36.8 Å². The van der Waals surface area contributed by atoms with Crippen LogP contribution in [0.3, 0.4) is 0 Å². The summed E-state index contributed by atoms with van der Waals surface area (Å²) < 4.78 is 8.19. The molecule has 4 aromatic rings. The van der Waals surface area contributed by atoms with Crippen molar-refractivity contribution in [3.05, 3.63) is 64.2 Å². The van der Waals surface area contributed by atoms with Gasteiger partial charge in [-0.2, -0.15) is 15.2 Å². The van der Waals surface area contributed by atoms with Gasteiger partial charge in [0, 0.05) is 18.7 Å². The molecule has 1 aliphatic carbocycles. The number of aromatic nitrogens is 5. The number of ether oxygens (including phenoxy) is 1. The summed E-state index contributed by atoms with van der Waals surface area (Å²) in [5.41, 5.74) is 3.68. The van der Waals surface area contributed by atoms with Crippen LogP contribution in [0.5, 0.6) is 0 Å². The minimum atomic E-state index is -0.00134. The Labute approximate surface area is 237 Å². The zero-order valence-electron chi connectivity index (χ0n) is 21.7. The Hall–Kier alpha value is -3.25. The number of nitrogens with zero attached hydrogens (tertiary/aromatic N) is 7. The molecule has 6 rings (SSSR count). The number of imidazole rings is 1. The van der Waals surface area contributed by atoms with Crippen molar-refractivity contribution >= 4 is 40.3 Å². The summed E-state index contributed by atoms with van der Waals surface area (Å²) in [6, 6.07) is 15.9. The van der Waals surface area contributed by atoms with E-state index in [-0.39, 0.29) is 22.2 Å². The number of morpholine rings is 1. The highest BCUT2D eigenvalue weighted by molar-refractivity contribution is 6.32. The van der Waals surface area contributed by atoms with Crippen LogP contribution in [0, 0.1) is 23.2 Å². The van der Waals surface area contributed by atoms with Gasteiger partial charge in [-0.3, -0.25) is 0 Å². The normalized spacial score (nSPS) is 21.7. The van der Waals surface area contributed by atoms with Crippen LogP contribution in [0.25, 0.3) is 22.4 Å². The van der Waals surface area contributed by atoms with E-state index in [0.29, 0.717) is 42.6 Å². The van der Waals surface area contributed by atoms with Crippen molar-refractivity contribution in [2.75, 3.05) is 24.7 Å². The van der Waals surface area contributed by atoms with Gasteiger partial charge in [-0.15, -0.1) is 0 Å². The molecule has 2 fully saturated rings. The van der Waals surface area contributed by atoms with Gasteiger partial charge >= 0.3 is 0 Å². The third kappa shape index (κ3) is 5.31. The van der Waals surface area contributed by atoms with Crippen molar-refractivity contribution in [2.45, 2.75) is 45.2 Å². The predicted molar refractivity (Wildman–Crippen MR) is 152 cm³/mol.